The number of hydrogen-bond acceptors (Lipinski definition) is 5. The molecule has 0 amide bonds. The number of allylic oxidation sites excluding steroid dienone is 4. The fraction of sp³-hybridized carbons (Fsp3) is 0.368. The molecule has 25 heavy (non-hydrogen) atoms. The Balaban J connectivity index is 1.90. The summed E-state index contributed by atoms with van der Waals surface area (Å²) in [6, 6.07) is 6.93. The minimum Gasteiger partial charge on any atom is -0.423 e. The monoisotopic (exact) mass is 337 g/mol. The number of hydrogen-bond donors (Lipinski definition) is 3. The molecule has 1 aromatic carbocycles. The zero-order chi connectivity index (χ0) is 17.6. The van der Waals surface area contributed by atoms with Gasteiger partial charge in [0.1, 0.15) is 0 Å². The molecule has 0 fully saturated rings. The predicted molar refractivity (Wildman–Crippen MR) is 93.9 cm³/mol. The van der Waals surface area contributed by atoms with Crippen LogP contribution >= 0.6 is 0 Å². The molecular weight excluding hydrogens is 317 g/mol. The van der Waals surface area contributed by atoms with Crippen LogP contribution in [0.15, 0.2) is 46.8 Å². The standard InChI is InChI=1S/C19H20BNO4/c22-15-8-2-6-13-18(15)17(11-4-1-5-12(10-11)20(24)25)19-14(21-13)7-3-9-16(19)23/h1,4-5,10,17,21,24-25H,2-3,6-9H2. The number of nitrogens with one attached hydrogen (secondary N) is 1. The quantitative estimate of drug-likeness (QED) is 0.703. The van der Waals surface area contributed by atoms with Crippen LogP contribution in [0.4, 0.5) is 0 Å². The topological polar surface area (TPSA) is 86.6 Å². The van der Waals surface area contributed by atoms with Crippen LogP contribution in [0.25, 0.3) is 0 Å². The lowest BCUT2D eigenvalue weighted by molar-refractivity contribution is -0.116. The molecule has 0 aromatic heterocycles. The summed E-state index contributed by atoms with van der Waals surface area (Å²) >= 11 is 0. The minimum atomic E-state index is -1.58. The number of benzene rings is 1. The lowest BCUT2D eigenvalue weighted by Gasteiger charge is -2.37. The molecule has 4 rings (SSSR count). The average Bonchev–Trinajstić information content (AvgIpc) is 2.60. The number of rotatable bonds is 2. The van der Waals surface area contributed by atoms with E-state index in [-0.39, 0.29) is 11.6 Å². The molecule has 1 heterocycles. The van der Waals surface area contributed by atoms with Gasteiger partial charge >= 0.3 is 7.12 Å². The average molecular weight is 337 g/mol. The SMILES string of the molecule is O=C1CCCC2=C1C(c1cccc(B(O)O)c1)C1=C(CCCC1=O)N2. The number of ketones is 2. The van der Waals surface area contributed by atoms with Crippen molar-refractivity contribution in [2.45, 2.75) is 44.4 Å². The molecule has 0 bridgehead atoms. The normalized spacial score (nSPS) is 21.0. The van der Waals surface area contributed by atoms with Gasteiger partial charge in [-0.15, -0.1) is 0 Å². The molecule has 0 spiro atoms. The van der Waals surface area contributed by atoms with Crippen molar-refractivity contribution in [1.82, 2.24) is 5.32 Å². The summed E-state index contributed by atoms with van der Waals surface area (Å²) in [5.41, 5.74) is 4.38. The summed E-state index contributed by atoms with van der Waals surface area (Å²) in [4.78, 5) is 25.4. The molecule has 128 valence electrons. The van der Waals surface area contributed by atoms with Crippen LogP contribution in [0.2, 0.25) is 0 Å². The molecule has 3 aliphatic rings. The van der Waals surface area contributed by atoms with Crippen molar-refractivity contribution in [2.24, 2.45) is 0 Å². The molecule has 0 saturated carbocycles. The maximum Gasteiger partial charge on any atom is 0.488 e. The van der Waals surface area contributed by atoms with Gasteiger partial charge in [-0.1, -0.05) is 24.3 Å². The van der Waals surface area contributed by atoms with Crippen molar-refractivity contribution in [2.75, 3.05) is 0 Å². The minimum absolute atomic E-state index is 0.0821. The first-order valence-corrected chi connectivity index (χ1v) is 8.81. The van der Waals surface area contributed by atoms with Gasteiger partial charge < -0.3 is 15.4 Å². The van der Waals surface area contributed by atoms with Gasteiger partial charge in [0.15, 0.2) is 11.6 Å². The molecule has 0 saturated heterocycles. The highest BCUT2D eigenvalue weighted by molar-refractivity contribution is 6.58. The van der Waals surface area contributed by atoms with Gasteiger partial charge in [-0.05, 0) is 36.7 Å². The van der Waals surface area contributed by atoms with E-state index in [0.29, 0.717) is 29.5 Å². The predicted octanol–water partition coefficient (Wildman–Crippen LogP) is 1.07. The van der Waals surface area contributed by atoms with Crippen LogP contribution < -0.4 is 10.8 Å². The summed E-state index contributed by atoms with van der Waals surface area (Å²) in [6.07, 6.45) is 4.26. The van der Waals surface area contributed by atoms with E-state index in [1.54, 1.807) is 18.2 Å². The summed E-state index contributed by atoms with van der Waals surface area (Å²) in [5.74, 6) is -0.234. The number of carbonyl (C=O) groups excluding carboxylic acids is 2. The van der Waals surface area contributed by atoms with Crippen LogP contribution in [0.1, 0.15) is 50.0 Å². The van der Waals surface area contributed by atoms with E-state index < -0.39 is 13.0 Å². The molecule has 3 N–H and O–H groups in total. The third-order valence-corrected chi connectivity index (χ3v) is 5.33. The van der Waals surface area contributed by atoms with Gasteiger partial charge in [-0.25, -0.2) is 0 Å². The Bertz CT molecular complexity index is 782. The third kappa shape index (κ3) is 2.75. The summed E-state index contributed by atoms with van der Waals surface area (Å²) in [6.45, 7) is 0. The van der Waals surface area contributed by atoms with Crippen LogP contribution in [0, 0.1) is 0 Å². The largest absolute Gasteiger partial charge is 0.488 e. The number of Topliss-reactive ketones (excluding diaryl/α,β-unsaturated/α-hetero) is 2. The van der Waals surface area contributed by atoms with E-state index in [4.69, 9.17) is 0 Å². The van der Waals surface area contributed by atoms with Crippen molar-refractivity contribution in [3.63, 3.8) is 0 Å². The summed E-state index contributed by atoms with van der Waals surface area (Å²) in [5, 5.41) is 22.4. The molecule has 6 heteroatoms. The van der Waals surface area contributed by atoms with Crippen molar-refractivity contribution >= 4 is 24.1 Å². The maximum atomic E-state index is 12.7. The van der Waals surface area contributed by atoms with Crippen LogP contribution in [0.5, 0.6) is 0 Å². The van der Waals surface area contributed by atoms with E-state index in [2.05, 4.69) is 5.32 Å². The van der Waals surface area contributed by atoms with Gasteiger partial charge in [0.25, 0.3) is 0 Å². The first kappa shape index (κ1) is 16.3. The fourth-order valence-corrected chi connectivity index (χ4v) is 4.22. The third-order valence-electron chi connectivity index (χ3n) is 5.33. The fourth-order valence-electron chi connectivity index (χ4n) is 4.22. The van der Waals surface area contributed by atoms with Gasteiger partial charge in [-0.3, -0.25) is 9.59 Å². The van der Waals surface area contributed by atoms with Gasteiger partial charge in [0.05, 0.1) is 0 Å². The van der Waals surface area contributed by atoms with Crippen LogP contribution in [-0.2, 0) is 9.59 Å². The Morgan fingerprint density at radius 3 is 2.08 bits per heavy atom. The van der Waals surface area contributed by atoms with E-state index in [0.717, 1.165) is 42.6 Å². The van der Waals surface area contributed by atoms with E-state index in [1.807, 2.05) is 6.07 Å². The Kier molecular flexibility index (Phi) is 4.09. The molecule has 1 aromatic rings. The smallest absolute Gasteiger partial charge is 0.423 e. The molecule has 0 atom stereocenters. The van der Waals surface area contributed by atoms with Crippen molar-refractivity contribution in [3.05, 3.63) is 52.4 Å². The highest BCUT2D eigenvalue weighted by atomic mass is 16.4. The van der Waals surface area contributed by atoms with E-state index in [9.17, 15) is 19.6 Å². The van der Waals surface area contributed by atoms with Gasteiger partial charge in [0.2, 0.25) is 0 Å². The Morgan fingerprint density at radius 1 is 0.920 bits per heavy atom. The Labute approximate surface area is 146 Å². The van der Waals surface area contributed by atoms with Gasteiger partial charge in [0, 0.05) is 41.3 Å². The molecular formula is C19H20BNO4. The molecule has 0 radical (unpaired) electrons. The maximum absolute atomic E-state index is 12.7. The first-order chi connectivity index (χ1) is 12.1. The zero-order valence-electron chi connectivity index (χ0n) is 13.9. The van der Waals surface area contributed by atoms with E-state index in [1.165, 1.54) is 0 Å². The first-order valence-electron chi connectivity index (χ1n) is 8.81. The summed E-state index contributed by atoms with van der Waals surface area (Å²) < 4.78 is 0. The van der Waals surface area contributed by atoms with Crippen molar-refractivity contribution in [3.8, 4) is 0 Å². The van der Waals surface area contributed by atoms with Crippen LogP contribution in [-0.4, -0.2) is 28.7 Å². The zero-order valence-corrected chi connectivity index (χ0v) is 13.9. The summed E-state index contributed by atoms with van der Waals surface area (Å²) in [7, 11) is -1.58. The molecule has 5 nitrogen and oxygen atoms in total. The second-order valence-corrected chi connectivity index (χ2v) is 6.94. The second-order valence-electron chi connectivity index (χ2n) is 6.94. The van der Waals surface area contributed by atoms with Gasteiger partial charge in [-0.2, -0.15) is 0 Å². The Hall–Kier alpha value is -2.18. The molecule has 1 aliphatic heterocycles. The van der Waals surface area contributed by atoms with Crippen LogP contribution in [0.3, 0.4) is 0 Å². The van der Waals surface area contributed by atoms with Crippen molar-refractivity contribution in [1.29, 1.82) is 0 Å². The van der Waals surface area contributed by atoms with Crippen molar-refractivity contribution < 1.29 is 19.6 Å². The second kappa shape index (κ2) is 6.28. The molecule has 2 aliphatic carbocycles. The Morgan fingerprint density at radius 2 is 1.52 bits per heavy atom. The molecule has 0 unspecified atom stereocenters. The van der Waals surface area contributed by atoms with E-state index >= 15 is 0 Å². The number of dihydropyridines is 1. The lowest BCUT2D eigenvalue weighted by Crippen LogP contribution is -2.37. The number of carbonyl (C=O) groups is 2. The highest BCUT2D eigenvalue weighted by Crippen LogP contribution is 2.44. The highest BCUT2D eigenvalue weighted by Gasteiger charge is 2.40. The lowest BCUT2D eigenvalue weighted by atomic mass is 9.70.